The topological polar surface area (TPSA) is 41.6 Å². The van der Waals surface area contributed by atoms with Crippen LogP contribution in [0.1, 0.15) is 23.5 Å². The molecule has 1 fully saturated rings. The van der Waals surface area contributed by atoms with E-state index in [4.69, 9.17) is 4.74 Å². The quantitative estimate of drug-likeness (QED) is 0.769. The highest BCUT2D eigenvalue weighted by molar-refractivity contribution is 5.85. The van der Waals surface area contributed by atoms with Gasteiger partial charge in [0.1, 0.15) is 12.4 Å². The van der Waals surface area contributed by atoms with Crippen molar-refractivity contribution in [2.24, 2.45) is 5.92 Å². The largest absolute Gasteiger partial charge is 0.489 e. The number of carbonyl (C=O) groups excluding carboxylic acids is 1. The maximum atomic E-state index is 12.4. The van der Waals surface area contributed by atoms with E-state index in [2.05, 4.69) is 29.6 Å². The van der Waals surface area contributed by atoms with Gasteiger partial charge in [0.15, 0.2) is 0 Å². The summed E-state index contributed by atoms with van der Waals surface area (Å²) >= 11 is 0. The molecule has 2 atom stereocenters. The molecule has 0 aromatic heterocycles. The van der Waals surface area contributed by atoms with Crippen LogP contribution in [-0.4, -0.2) is 38.0 Å². The number of likely N-dealkylation sites (N-methyl/N-ethyl adjacent to an activating group) is 2. The summed E-state index contributed by atoms with van der Waals surface area (Å²) in [5.74, 6) is 1.61. The number of hydrogen-bond acceptors (Lipinski definition) is 3. The van der Waals surface area contributed by atoms with E-state index in [1.165, 1.54) is 5.56 Å². The van der Waals surface area contributed by atoms with E-state index in [1.807, 2.05) is 49.3 Å². The highest BCUT2D eigenvalue weighted by Crippen LogP contribution is 2.48. The predicted octanol–water partition coefficient (Wildman–Crippen LogP) is 3.47. The number of halogens is 1. The lowest BCUT2D eigenvalue weighted by molar-refractivity contribution is -0.131. The third-order valence-corrected chi connectivity index (χ3v) is 4.74. The lowest BCUT2D eigenvalue weighted by Crippen LogP contribution is -2.34. The van der Waals surface area contributed by atoms with Crippen molar-refractivity contribution in [1.29, 1.82) is 0 Å². The summed E-state index contributed by atoms with van der Waals surface area (Å²) in [6, 6.07) is 18.3. The van der Waals surface area contributed by atoms with E-state index in [-0.39, 0.29) is 24.2 Å². The molecule has 140 valence electrons. The van der Waals surface area contributed by atoms with Crippen molar-refractivity contribution in [2.75, 3.05) is 27.2 Å². The van der Waals surface area contributed by atoms with Crippen molar-refractivity contribution >= 4 is 18.3 Å². The van der Waals surface area contributed by atoms with Gasteiger partial charge >= 0.3 is 0 Å². The molecule has 0 heterocycles. The van der Waals surface area contributed by atoms with Gasteiger partial charge in [-0.15, -0.1) is 12.4 Å². The highest BCUT2D eigenvalue weighted by atomic mass is 35.5. The normalized spacial score (nSPS) is 17.9. The molecule has 1 aliphatic carbocycles. The maximum absolute atomic E-state index is 12.4. The van der Waals surface area contributed by atoms with Crippen LogP contribution in [0, 0.1) is 5.92 Å². The van der Waals surface area contributed by atoms with Gasteiger partial charge < -0.3 is 15.0 Å². The molecule has 0 radical (unpaired) electrons. The smallest absolute Gasteiger partial charge is 0.226 e. The molecular formula is C21H27ClN2O2. The molecule has 2 aromatic rings. The first-order valence-corrected chi connectivity index (χ1v) is 8.85. The fraction of sp³-hybridized carbons (Fsp3) is 0.381. The number of nitrogens with one attached hydrogen (secondary N) is 1. The van der Waals surface area contributed by atoms with Crippen molar-refractivity contribution in [3.8, 4) is 5.75 Å². The molecule has 0 bridgehead atoms. The molecule has 1 saturated carbocycles. The minimum atomic E-state index is 0. The van der Waals surface area contributed by atoms with Gasteiger partial charge in [-0.05, 0) is 42.6 Å². The van der Waals surface area contributed by atoms with E-state index in [0.717, 1.165) is 30.8 Å². The standard InChI is InChI=1S/C21H26N2O2.ClH/c1-22-12-13-23(2)21(24)20-14-19(20)17-8-10-18(11-9-17)25-15-16-6-4-3-5-7-16;/h3-11,19-20,22H,12-15H2,1-2H3;1H. The third-order valence-electron chi connectivity index (χ3n) is 4.74. The average molecular weight is 375 g/mol. The van der Waals surface area contributed by atoms with E-state index in [0.29, 0.717) is 12.5 Å². The number of amides is 1. The minimum Gasteiger partial charge on any atom is -0.489 e. The summed E-state index contributed by atoms with van der Waals surface area (Å²) < 4.78 is 5.82. The van der Waals surface area contributed by atoms with Gasteiger partial charge in [-0.3, -0.25) is 4.79 Å². The molecule has 4 nitrogen and oxygen atoms in total. The van der Waals surface area contributed by atoms with Crippen LogP contribution in [0.5, 0.6) is 5.75 Å². The van der Waals surface area contributed by atoms with E-state index < -0.39 is 0 Å². The van der Waals surface area contributed by atoms with Gasteiger partial charge in [0.05, 0.1) is 0 Å². The second kappa shape index (κ2) is 9.60. The fourth-order valence-corrected chi connectivity index (χ4v) is 3.06. The molecule has 5 heteroatoms. The number of rotatable bonds is 8. The summed E-state index contributed by atoms with van der Waals surface area (Å²) in [5, 5.41) is 3.08. The molecule has 2 unspecified atom stereocenters. The molecule has 1 N–H and O–H groups in total. The number of ether oxygens (including phenoxy) is 1. The Labute approximate surface area is 162 Å². The van der Waals surface area contributed by atoms with Crippen molar-refractivity contribution < 1.29 is 9.53 Å². The Hall–Kier alpha value is -2.04. The molecule has 1 aliphatic rings. The Bertz CT molecular complexity index is 691. The van der Waals surface area contributed by atoms with Crippen LogP contribution in [0.25, 0.3) is 0 Å². The first kappa shape index (κ1) is 20.3. The third kappa shape index (κ3) is 5.23. The zero-order chi connectivity index (χ0) is 17.6. The second-order valence-electron chi connectivity index (χ2n) is 6.66. The molecule has 0 aliphatic heterocycles. The summed E-state index contributed by atoms with van der Waals surface area (Å²) in [6.07, 6.45) is 0.951. The molecule has 0 saturated heterocycles. The number of benzene rings is 2. The van der Waals surface area contributed by atoms with Gasteiger partial charge in [0.25, 0.3) is 0 Å². The van der Waals surface area contributed by atoms with Crippen LogP contribution in [0.15, 0.2) is 54.6 Å². The molecule has 0 spiro atoms. The van der Waals surface area contributed by atoms with Gasteiger partial charge in [-0.1, -0.05) is 42.5 Å². The molecular weight excluding hydrogens is 348 g/mol. The van der Waals surface area contributed by atoms with Crippen molar-refractivity contribution in [2.45, 2.75) is 18.9 Å². The van der Waals surface area contributed by atoms with Crippen LogP contribution in [0.4, 0.5) is 0 Å². The number of nitrogens with zero attached hydrogens (tertiary/aromatic N) is 1. The van der Waals surface area contributed by atoms with E-state index in [1.54, 1.807) is 0 Å². The van der Waals surface area contributed by atoms with E-state index >= 15 is 0 Å². The van der Waals surface area contributed by atoms with Gasteiger partial charge in [-0.25, -0.2) is 0 Å². The zero-order valence-corrected chi connectivity index (χ0v) is 16.2. The molecule has 26 heavy (non-hydrogen) atoms. The number of carbonyl (C=O) groups is 1. The van der Waals surface area contributed by atoms with Gasteiger partial charge in [-0.2, -0.15) is 0 Å². The monoisotopic (exact) mass is 374 g/mol. The van der Waals surface area contributed by atoms with Crippen molar-refractivity contribution in [1.82, 2.24) is 10.2 Å². The Morgan fingerprint density at radius 2 is 1.85 bits per heavy atom. The average Bonchev–Trinajstić information content (AvgIpc) is 3.46. The van der Waals surface area contributed by atoms with Crippen LogP contribution in [0.2, 0.25) is 0 Å². The fourth-order valence-electron chi connectivity index (χ4n) is 3.06. The minimum absolute atomic E-state index is 0. The van der Waals surface area contributed by atoms with Crippen LogP contribution >= 0.6 is 12.4 Å². The molecule has 3 rings (SSSR count). The Morgan fingerprint density at radius 1 is 1.15 bits per heavy atom. The van der Waals surface area contributed by atoms with Crippen LogP contribution in [-0.2, 0) is 11.4 Å². The Kier molecular flexibility index (Phi) is 7.49. The Morgan fingerprint density at radius 3 is 2.50 bits per heavy atom. The van der Waals surface area contributed by atoms with Crippen LogP contribution in [0.3, 0.4) is 0 Å². The van der Waals surface area contributed by atoms with Crippen molar-refractivity contribution in [3.63, 3.8) is 0 Å². The summed E-state index contributed by atoms with van der Waals surface area (Å²) in [7, 11) is 3.79. The summed E-state index contributed by atoms with van der Waals surface area (Å²) in [5.41, 5.74) is 2.39. The summed E-state index contributed by atoms with van der Waals surface area (Å²) in [6.45, 7) is 2.15. The zero-order valence-electron chi connectivity index (χ0n) is 15.4. The van der Waals surface area contributed by atoms with E-state index in [9.17, 15) is 4.79 Å². The summed E-state index contributed by atoms with van der Waals surface area (Å²) in [4.78, 5) is 14.2. The highest BCUT2D eigenvalue weighted by Gasteiger charge is 2.44. The number of hydrogen-bond donors (Lipinski definition) is 1. The lowest BCUT2D eigenvalue weighted by Gasteiger charge is -2.17. The SMILES string of the molecule is CNCCN(C)C(=O)C1CC1c1ccc(OCc2ccccc2)cc1.Cl. The Balaban J connectivity index is 0.00000243. The van der Waals surface area contributed by atoms with Crippen molar-refractivity contribution in [3.05, 3.63) is 65.7 Å². The van der Waals surface area contributed by atoms with Crippen LogP contribution < -0.4 is 10.1 Å². The predicted molar refractivity (Wildman–Crippen MR) is 107 cm³/mol. The molecule has 1 amide bonds. The van der Waals surface area contributed by atoms with Gasteiger partial charge in [0, 0.05) is 26.1 Å². The maximum Gasteiger partial charge on any atom is 0.226 e. The second-order valence-corrected chi connectivity index (χ2v) is 6.66. The molecule has 2 aromatic carbocycles. The van der Waals surface area contributed by atoms with Gasteiger partial charge in [0.2, 0.25) is 5.91 Å². The first-order valence-electron chi connectivity index (χ1n) is 8.85. The lowest BCUT2D eigenvalue weighted by atomic mass is 10.1. The first-order chi connectivity index (χ1) is 12.2.